The molecule has 0 amide bonds. The van der Waals surface area contributed by atoms with Gasteiger partial charge < -0.3 is 4.57 Å². The fourth-order valence-electron chi connectivity index (χ4n) is 1.83. The van der Waals surface area contributed by atoms with Gasteiger partial charge in [-0.05, 0) is 18.2 Å². The van der Waals surface area contributed by atoms with Gasteiger partial charge in [-0.1, -0.05) is 23.8 Å². The van der Waals surface area contributed by atoms with E-state index in [0.29, 0.717) is 0 Å². The molecule has 0 aliphatic heterocycles. The van der Waals surface area contributed by atoms with Gasteiger partial charge in [0.15, 0.2) is 5.54 Å². The van der Waals surface area contributed by atoms with Crippen molar-refractivity contribution >= 4 is 23.2 Å². The first kappa shape index (κ1) is 12.6. The van der Waals surface area contributed by atoms with Crippen molar-refractivity contribution in [3.8, 4) is 0 Å². The van der Waals surface area contributed by atoms with Crippen molar-refractivity contribution in [2.45, 2.75) is 17.1 Å². The van der Waals surface area contributed by atoms with Crippen molar-refractivity contribution in [2.75, 3.05) is 0 Å². The van der Waals surface area contributed by atoms with Crippen LogP contribution in [0.1, 0.15) is 0 Å². The highest BCUT2D eigenvalue weighted by molar-refractivity contribution is 6.33. The van der Waals surface area contributed by atoms with Gasteiger partial charge in [-0.25, -0.2) is 0 Å². The third kappa shape index (κ3) is 1.70. The van der Waals surface area contributed by atoms with Gasteiger partial charge in [-0.15, -0.1) is 11.6 Å². The molecule has 1 radical (unpaired) electrons. The molecule has 0 aromatic carbocycles. The molecule has 1 aliphatic carbocycles. The Bertz CT molecular complexity index is 462. The van der Waals surface area contributed by atoms with Crippen LogP contribution < -0.4 is 0 Å². The summed E-state index contributed by atoms with van der Waals surface area (Å²) in [6, 6.07) is 2.82. The van der Waals surface area contributed by atoms with Crippen LogP contribution in [0.4, 0.5) is 13.2 Å². The highest BCUT2D eigenvalue weighted by Crippen LogP contribution is 2.50. The number of halogens is 5. The Balaban J connectivity index is 2.68. The Morgan fingerprint density at radius 2 is 2.12 bits per heavy atom. The number of allylic oxidation sites excluding steroid dienone is 4. The SMILES string of the molecule is FC(F)(F)C1(n2[c]ccc2)C(Cl)=CC=CC1Cl. The predicted octanol–water partition coefficient (Wildman–Crippen LogP) is 3.85. The van der Waals surface area contributed by atoms with Crippen LogP contribution in [0.25, 0.3) is 0 Å². The summed E-state index contributed by atoms with van der Waals surface area (Å²) in [4.78, 5) is 0. The molecule has 1 aromatic heterocycles. The average Bonchev–Trinajstić information content (AvgIpc) is 2.69. The maximum Gasteiger partial charge on any atom is 0.418 e. The first-order chi connectivity index (χ1) is 7.90. The van der Waals surface area contributed by atoms with Gasteiger partial charge in [0.05, 0.1) is 16.6 Å². The smallest absolute Gasteiger partial charge is 0.325 e. The Hall–Kier alpha value is -0.870. The summed E-state index contributed by atoms with van der Waals surface area (Å²) in [6.45, 7) is 0. The molecule has 1 nitrogen and oxygen atoms in total. The molecule has 2 rings (SSSR count). The monoisotopic (exact) mass is 280 g/mol. The van der Waals surface area contributed by atoms with Gasteiger partial charge in [0.25, 0.3) is 0 Å². The van der Waals surface area contributed by atoms with Crippen LogP contribution in [0.3, 0.4) is 0 Å². The lowest BCUT2D eigenvalue weighted by atomic mass is 9.89. The first-order valence-electron chi connectivity index (χ1n) is 4.71. The van der Waals surface area contributed by atoms with E-state index in [1.54, 1.807) is 0 Å². The molecule has 2 unspecified atom stereocenters. The summed E-state index contributed by atoms with van der Waals surface area (Å²) in [5.41, 5.74) is -2.48. The predicted molar refractivity (Wildman–Crippen MR) is 60.0 cm³/mol. The summed E-state index contributed by atoms with van der Waals surface area (Å²) >= 11 is 11.6. The molecule has 1 aliphatic rings. The number of alkyl halides is 4. The normalized spacial score (nSPS) is 29.2. The van der Waals surface area contributed by atoms with E-state index in [2.05, 4.69) is 6.20 Å². The highest BCUT2D eigenvalue weighted by Gasteiger charge is 2.62. The van der Waals surface area contributed by atoms with Crippen molar-refractivity contribution in [3.63, 3.8) is 0 Å². The van der Waals surface area contributed by atoms with Gasteiger partial charge in [0.1, 0.15) is 0 Å². The van der Waals surface area contributed by atoms with E-state index in [1.165, 1.54) is 36.6 Å². The third-order valence-electron chi connectivity index (χ3n) is 2.64. The standard InChI is InChI=1S/C11H7Cl2F3N/c12-8-4-3-5-9(13)10(8,11(14,15)16)17-6-1-2-7-17/h1-6,8H. The third-order valence-corrected chi connectivity index (χ3v) is 3.52. The number of hydrogen-bond acceptors (Lipinski definition) is 0. The fraction of sp³-hybridized carbons (Fsp3) is 0.273. The lowest BCUT2D eigenvalue weighted by Crippen LogP contribution is -2.54. The van der Waals surface area contributed by atoms with Gasteiger partial charge in [0, 0.05) is 6.20 Å². The van der Waals surface area contributed by atoms with Crippen molar-refractivity contribution in [1.82, 2.24) is 4.57 Å². The summed E-state index contributed by atoms with van der Waals surface area (Å²) in [5, 5.41) is -1.69. The second kappa shape index (κ2) is 4.10. The van der Waals surface area contributed by atoms with Crippen LogP contribution >= 0.6 is 23.2 Å². The van der Waals surface area contributed by atoms with Crippen LogP contribution in [-0.2, 0) is 5.54 Å². The molecule has 0 saturated carbocycles. The van der Waals surface area contributed by atoms with Crippen LogP contribution in [-0.4, -0.2) is 16.1 Å². The van der Waals surface area contributed by atoms with Crippen LogP contribution in [0.5, 0.6) is 0 Å². The van der Waals surface area contributed by atoms with Gasteiger partial charge in [0.2, 0.25) is 0 Å². The minimum atomic E-state index is -4.62. The van der Waals surface area contributed by atoms with E-state index < -0.39 is 17.1 Å². The maximum atomic E-state index is 13.4. The molecule has 1 heterocycles. The number of aromatic nitrogens is 1. The maximum absolute atomic E-state index is 13.4. The van der Waals surface area contributed by atoms with Gasteiger partial charge in [-0.3, -0.25) is 0 Å². The molecule has 0 spiro atoms. The number of rotatable bonds is 1. The molecular weight excluding hydrogens is 274 g/mol. The lowest BCUT2D eigenvalue weighted by molar-refractivity contribution is -0.197. The summed E-state index contributed by atoms with van der Waals surface area (Å²) in [6.07, 6.45) is 2.96. The Morgan fingerprint density at radius 1 is 1.41 bits per heavy atom. The molecule has 17 heavy (non-hydrogen) atoms. The topological polar surface area (TPSA) is 4.93 Å². The number of nitrogens with zero attached hydrogens (tertiary/aromatic N) is 1. The molecule has 91 valence electrons. The Morgan fingerprint density at radius 3 is 2.59 bits per heavy atom. The van der Waals surface area contributed by atoms with Crippen molar-refractivity contribution in [1.29, 1.82) is 0 Å². The molecule has 0 N–H and O–H groups in total. The summed E-state index contributed by atoms with van der Waals surface area (Å²) in [5.74, 6) is 0. The van der Waals surface area contributed by atoms with Crippen LogP contribution in [0, 0.1) is 6.20 Å². The van der Waals surface area contributed by atoms with E-state index >= 15 is 0 Å². The highest BCUT2D eigenvalue weighted by atomic mass is 35.5. The molecule has 0 saturated heterocycles. The van der Waals surface area contributed by atoms with E-state index in [1.807, 2.05) is 0 Å². The molecule has 1 aromatic rings. The Kier molecular flexibility index (Phi) is 3.04. The van der Waals surface area contributed by atoms with Crippen molar-refractivity contribution < 1.29 is 13.2 Å². The molecule has 0 bridgehead atoms. The van der Waals surface area contributed by atoms with E-state index in [4.69, 9.17) is 23.2 Å². The fourth-order valence-corrected chi connectivity index (χ4v) is 2.70. The average molecular weight is 281 g/mol. The largest absolute Gasteiger partial charge is 0.418 e. The zero-order valence-electron chi connectivity index (χ0n) is 8.38. The van der Waals surface area contributed by atoms with E-state index in [0.717, 1.165) is 4.57 Å². The first-order valence-corrected chi connectivity index (χ1v) is 5.53. The van der Waals surface area contributed by atoms with Crippen molar-refractivity contribution in [3.05, 3.63) is 47.8 Å². The quantitative estimate of drug-likeness (QED) is 0.689. The zero-order chi connectivity index (χ0) is 12.7. The minimum Gasteiger partial charge on any atom is -0.325 e. The minimum absolute atomic E-state index is 0.375. The van der Waals surface area contributed by atoms with Crippen molar-refractivity contribution in [2.24, 2.45) is 0 Å². The number of hydrogen-bond donors (Lipinski definition) is 0. The summed E-state index contributed by atoms with van der Waals surface area (Å²) < 4.78 is 41.0. The van der Waals surface area contributed by atoms with E-state index in [9.17, 15) is 13.2 Å². The van der Waals surface area contributed by atoms with Crippen LogP contribution in [0.15, 0.2) is 41.6 Å². The Labute approximate surface area is 106 Å². The second-order valence-electron chi connectivity index (χ2n) is 3.57. The molecular formula is C11H7Cl2F3N. The lowest BCUT2D eigenvalue weighted by Gasteiger charge is -2.40. The molecule has 2 atom stereocenters. The van der Waals surface area contributed by atoms with Crippen LogP contribution in [0.2, 0.25) is 0 Å². The second-order valence-corrected chi connectivity index (χ2v) is 4.45. The molecule has 0 fully saturated rings. The zero-order valence-corrected chi connectivity index (χ0v) is 9.89. The van der Waals surface area contributed by atoms with Gasteiger partial charge in [-0.2, -0.15) is 13.2 Å². The molecule has 6 heteroatoms. The van der Waals surface area contributed by atoms with Gasteiger partial charge >= 0.3 is 6.18 Å². The summed E-state index contributed by atoms with van der Waals surface area (Å²) in [7, 11) is 0. The van der Waals surface area contributed by atoms with E-state index in [-0.39, 0.29) is 5.03 Å².